The third-order valence-electron chi connectivity index (χ3n) is 4.20. The number of hydrogen-bond donors (Lipinski definition) is 1. The molecule has 3 amide bonds. The summed E-state index contributed by atoms with van der Waals surface area (Å²) in [5.74, 6) is -0.631. The number of amides is 3. The van der Waals surface area contributed by atoms with Gasteiger partial charge in [0, 0.05) is 43.8 Å². The van der Waals surface area contributed by atoms with E-state index in [1.807, 2.05) is 0 Å². The van der Waals surface area contributed by atoms with Crippen molar-refractivity contribution in [2.45, 2.75) is 20.8 Å². The molecule has 1 heterocycles. The number of nitrogens with one attached hydrogen (secondary N) is 1. The van der Waals surface area contributed by atoms with E-state index in [1.54, 1.807) is 47.9 Å². The van der Waals surface area contributed by atoms with Crippen molar-refractivity contribution in [3.05, 3.63) is 29.3 Å². The van der Waals surface area contributed by atoms with E-state index in [9.17, 15) is 14.4 Å². The Balaban J connectivity index is 2.02. The molecule has 1 saturated heterocycles. The van der Waals surface area contributed by atoms with Crippen molar-refractivity contribution in [1.82, 2.24) is 9.80 Å². The van der Waals surface area contributed by atoms with Gasteiger partial charge in [0.1, 0.15) is 5.41 Å². The average molecular weight is 352 g/mol. The number of hydrogen-bond acceptors (Lipinski definition) is 3. The van der Waals surface area contributed by atoms with Gasteiger partial charge in [0.25, 0.3) is 0 Å². The number of carbonyl (C=O) groups is 3. The first-order valence-electron chi connectivity index (χ1n) is 7.83. The van der Waals surface area contributed by atoms with Crippen molar-refractivity contribution >= 4 is 35.0 Å². The molecule has 0 radical (unpaired) electrons. The molecular weight excluding hydrogens is 330 g/mol. The summed E-state index contributed by atoms with van der Waals surface area (Å²) >= 11 is 5.91. The molecule has 1 aliphatic heterocycles. The van der Waals surface area contributed by atoms with Gasteiger partial charge in [-0.05, 0) is 32.0 Å². The molecule has 0 saturated carbocycles. The zero-order chi connectivity index (χ0) is 17.9. The van der Waals surface area contributed by atoms with Gasteiger partial charge in [0.05, 0.1) is 0 Å². The van der Waals surface area contributed by atoms with Crippen molar-refractivity contribution in [1.29, 1.82) is 0 Å². The predicted octanol–water partition coefficient (Wildman–Crippen LogP) is 2.00. The molecule has 2 rings (SSSR count). The fraction of sp³-hybridized carbons (Fsp3) is 0.471. The van der Waals surface area contributed by atoms with Crippen molar-refractivity contribution < 1.29 is 14.4 Å². The maximum Gasteiger partial charge on any atom is 0.239 e. The fourth-order valence-electron chi connectivity index (χ4n) is 2.57. The van der Waals surface area contributed by atoms with Gasteiger partial charge >= 0.3 is 0 Å². The zero-order valence-electron chi connectivity index (χ0n) is 14.1. The standard InChI is InChI=1S/C17H22ClN3O3/c1-12(22)20-7-9-21(10-8-20)16(24)17(2,3)15(23)19-14-6-4-5-13(18)11-14/h4-6,11H,7-10H2,1-3H3,(H,19,23). The molecule has 1 fully saturated rings. The topological polar surface area (TPSA) is 69.7 Å². The summed E-state index contributed by atoms with van der Waals surface area (Å²) in [7, 11) is 0. The summed E-state index contributed by atoms with van der Waals surface area (Å²) < 4.78 is 0. The Hall–Kier alpha value is -2.08. The number of anilines is 1. The molecule has 1 N–H and O–H groups in total. The number of nitrogens with zero attached hydrogens (tertiary/aromatic N) is 2. The first-order chi connectivity index (χ1) is 11.2. The van der Waals surface area contributed by atoms with Gasteiger partial charge in [-0.2, -0.15) is 0 Å². The van der Waals surface area contributed by atoms with Crippen LogP contribution in [0.2, 0.25) is 5.02 Å². The molecule has 0 bridgehead atoms. The Labute approximate surface area is 146 Å². The van der Waals surface area contributed by atoms with Crippen LogP contribution < -0.4 is 5.32 Å². The monoisotopic (exact) mass is 351 g/mol. The molecule has 7 heteroatoms. The number of carbonyl (C=O) groups excluding carboxylic acids is 3. The van der Waals surface area contributed by atoms with E-state index in [1.165, 1.54) is 6.92 Å². The third kappa shape index (κ3) is 4.06. The molecule has 0 aliphatic carbocycles. The summed E-state index contributed by atoms with van der Waals surface area (Å²) in [4.78, 5) is 40.0. The Morgan fingerprint density at radius 2 is 1.67 bits per heavy atom. The lowest BCUT2D eigenvalue weighted by atomic mass is 9.89. The van der Waals surface area contributed by atoms with Crippen LogP contribution in [-0.4, -0.2) is 53.7 Å². The second-order valence-corrected chi connectivity index (χ2v) is 6.82. The number of rotatable bonds is 3. The highest BCUT2D eigenvalue weighted by Gasteiger charge is 2.40. The van der Waals surface area contributed by atoms with Gasteiger partial charge in [0.2, 0.25) is 17.7 Å². The average Bonchev–Trinajstić information content (AvgIpc) is 2.54. The molecule has 1 aromatic carbocycles. The van der Waals surface area contributed by atoms with Gasteiger partial charge in [-0.1, -0.05) is 17.7 Å². The largest absolute Gasteiger partial charge is 0.339 e. The zero-order valence-corrected chi connectivity index (χ0v) is 14.9. The molecule has 1 aromatic rings. The van der Waals surface area contributed by atoms with Crippen molar-refractivity contribution in [3.63, 3.8) is 0 Å². The third-order valence-corrected chi connectivity index (χ3v) is 4.43. The smallest absolute Gasteiger partial charge is 0.239 e. The predicted molar refractivity (Wildman–Crippen MR) is 92.7 cm³/mol. The van der Waals surface area contributed by atoms with Crippen LogP contribution in [-0.2, 0) is 14.4 Å². The highest BCUT2D eigenvalue weighted by Crippen LogP contribution is 2.24. The molecule has 0 spiro atoms. The Morgan fingerprint density at radius 1 is 1.08 bits per heavy atom. The van der Waals surface area contributed by atoms with Crippen LogP contribution in [0.1, 0.15) is 20.8 Å². The van der Waals surface area contributed by atoms with Crippen molar-refractivity contribution in [2.75, 3.05) is 31.5 Å². The summed E-state index contributed by atoms with van der Waals surface area (Å²) in [5.41, 5.74) is -0.657. The summed E-state index contributed by atoms with van der Waals surface area (Å²) in [6.07, 6.45) is 0. The van der Waals surface area contributed by atoms with Crippen molar-refractivity contribution in [3.8, 4) is 0 Å². The SMILES string of the molecule is CC(=O)N1CCN(C(=O)C(C)(C)C(=O)Nc2cccc(Cl)c2)CC1. The van der Waals surface area contributed by atoms with Crippen LogP contribution in [0.5, 0.6) is 0 Å². The van der Waals surface area contributed by atoms with E-state index in [2.05, 4.69) is 5.32 Å². The molecule has 1 aliphatic rings. The maximum absolute atomic E-state index is 12.7. The van der Waals surface area contributed by atoms with Crippen LogP contribution in [0.15, 0.2) is 24.3 Å². The van der Waals surface area contributed by atoms with E-state index in [0.717, 1.165) is 0 Å². The van der Waals surface area contributed by atoms with Gasteiger partial charge < -0.3 is 15.1 Å². The Bertz CT molecular complexity index is 652. The molecular formula is C17H22ClN3O3. The molecule has 0 atom stereocenters. The first kappa shape index (κ1) is 18.3. The maximum atomic E-state index is 12.7. The van der Waals surface area contributed by atoms with Gasteiger partial charge in [0.15, 0.2) is 0 Å². The number of piperazine rings is 1. The van der Waals surface area contributed by atoms with Gasteiger partial charge in [-0.3, -0.25) is 14.4 Å². The van der Waals surface area contributed by atoms with E-state index in [4.69, 9.17) is 11.6 Å². The van der Waals surface area contributed by atoms with Crippen LogP contribution in [0.25, 0.3) is 0 Å². The van der Waals surface area contributed by atoms with Crippen LogP contribution >= 0.6 is 11.6 Å². The Kier molecular flexibility index (Phi) is 5.49. The quantitative estimate of drug-likeness (QED) is 0.847. The second-order valence-electron chi connectivity index (χ2n) is 6.39. The minimum Gasteiger partial charge on any atom is -0.339 e. The summed E-state index contributed by atoms with van der Waals surface area (Å²) in [5, 5.41) is 3.25. The van der Waals surface area contributed by atoms with E-state index in [0.29, 0.717) is 36.9 Å². The van der Waals surface area contributed by atoms with E-state index < -0.39 is 5.41 Å². The molecule has 24 heavy (non-hydrogen) atoms. The summed E-state index contributed by atoms with van der Waals surface area (Å²) in [6, 6.07) is 6.79. The van der Waals surface area contributed by atoms with E-state index >= 15 is 0 Å². The molecule has 0 aromatic heterocycles. The highest BCUT2D eigenvalue weighted by atomic mass is 35.5. The molecule has 0 unspecified atom stereocenters. The van der Waals surface area contributed by atoms with Crippen LogP contribution in [0.4, 0.5) is 5.69 Å². The molecule has 130 valence electrons. The lowest BCUT2D eigenvalue weighted by Crippen LogP contribution is -2.55. The normalized spacial score (nSPS) is 15.2. The number of halogens is 1. The van der Waals surface area contributed by atoms with Crippen LogP contribution in [0.3, 0.4) is 0 Å². The van der Waals surface area contributed by atoms with Crippen LogP contribution in [0, 0.1) is 5.41 Å². The summed E-state index contributed by atoms with van der Waals surface area (Å²) in [6.45, 7) is 6.58. The van der Waals surface area contributed by atoms with Gasteiger partial charge in [-0.25, -0.2) is 0 Å². The lowest BCUT2D eigenvalue weighted by molar-refractivity contribution is -0.149. The van der Waals surface area contributed by atoms with Crippen molar-refractivity contribution in [2.24, 2.45) is 5.41 Å². The fourth-order valence-corrected chi connectivity index (χ4v) is 2.76. The molecule has 6 nitrogen and oxygen atoms in total. The second kappa shape index (κ2) is 7.21. The minimum atomic E-state index is -1.21. The first-order valence-corrected chi connectivity index (χ1v) is 8.21. The number of benzene rings is 1. The minimum absolute atomic E-state index is 0.0000542. The lowest BCUT2D eigenvalue weighted by Gasteiger charge is -2.37. The van der Waals surface area contributed by atoms with Gasteiger partial charge in [-0.15, -0.1) is 0 Å². The highest BCUT2D eigenvalue weighted by molar-refractivity contribution is 6.31. The Morgan fingerprint density at radius 3 is 2.21 bits per heavy atom. The van der Waals surface area contributed by atoms with E-state index in [-0.39, 0.29) is 17.7 Å².